The maximum absolute atomic E-state index is 14.9. The molecule has 1 rings (SSSR count). The van der Waals surface area contributed by atoms with Crippen molar-refractivity contribution < 1.29 is 39.1 Å². The second kappa shape index (κ2) is 6.62. The molecule has 2 amide bonds. The summed E-state index contributed by atoms with van der Waals surface area (Å²) in [4.78, 5) is 23.4. The monoisotopic (exact) mass is 310 g/mol. The van der Waals surface area contributed by atoms with Gasteiger partial charge in [0.2, 0.25) is 0 Å². The number of aliphatic hydroxyl groups is 4. The van der Waals surface area contributed by atoms with E-state index in [9.17, 15) is 29.3 Å². The van der Waals surface area contributed by atoms with Crippen LogP contribution in [0.3, 0.4) is 0 Å². The number of carbonyl (C=O) groups is 2. The minimum absolute atomic E-state index is 0.807. The first-order valence-corrected chi connectivity index (χ1v) is 6.19. The summed E-state index contributed by atoms with van der Waals surface area (Å²) >= 11 is 0. The molecular weight excluding hydrogens is 291 g/mol. The number of halogens is 1. The molecule has 0 radical (unpaired) electrons. The third-order valence-electron chi connectivity index (χ3n) is 3.40. The van der Waals surface area contributed by atoms with Crippen LogP contribution in [-0.4, -0.2) is 89.1 Å². The smallest absolute Gasteiger partial charge is 0.293 e. The highest BCUT2D eigenvalue weighted by molar-refractivity contribution is 6.09. The predicted octanol–water partition coefficient (Wildman–Crippen LogP) is -3.97. The Morgan fingerprint density at radius 1 is 1.10 bits per heavy atom. The summed E-state index contributed by atoms with van der Waals surface area (Å²) in [5.74, 6) is -2.79. The molecule has 0 bridgehead atoms. The van der Waals surface area contributed by atoms with Crippen molar-refractivity contribution in [2.24, 2.45) is 0 Å². The summed E-state index contributed by atoms with van der Waals surface area (Å²) in [6.07, 6.45) is -9.21. The Morgan fingerprint density at radius 3 is 1.95 bits per heavy atom. The zero-order valence-electron chi connectivity index (χ0n) is 11.5. The van der Waals surface area contributed by atoms with Gasteiger partial charge >= 0.3 is 0 Å². The Labute approximate surface area is 119 Å². The highest BCUT2D eigenvalue weighted by atomic mass is 19.1. The molecule has 0 aliphatic carbocycles. The second-order valence-corrected chi connectivity index (χ2v) is 4.62. The number of nitrogens with one attached hydrogen (secondary N) is 2. The summed E-state index contributed by atoms with van der Waals surface area (Å²) in [5.41, 5.74) is -3.35. The molecule has 9 nitrogen and oxygen atoms in total. The fourth-order valence-corrected chi connectivity index (χ4v) is 2.16. The van der Waals surface area contributed by atoms with Crippen LogP contribution < -0.4 is 10.6 Å². The summed E-state index contributed by atoms with van der Waals surface area (Å²) in [5, 5.41) is 42.0. The average molecular weight is 310 g/mol. The fraction of sp³-hybridized carbons (Fsp3) is 0.818. The maximum Gasteiger partial charge on any atom is 0.293 e. The quantitative estimate of drug-likeness (QED) is 0.290. The van der Waals surface area contributed by atoms with Crippen molar-refractivity contribution in [1.29, 1.82) is 0 Å². The van der Waals surface area contributed by atoms with Crippen LogP contribution in [0, 0.1) is 0 Å². The number of amides is 2. The average Bonchev–Trinajstić information content (AvgIpc) is 2.50. The van der Waals surface area contributed by atoms with Crippen LogP contribution in [0.5, 0.6) is 0 Å². The molecule has 1 saturated heterocycles. The first kappa shape index (κ1) is 17.7. The Morgan fingerprint density at radius 2 is 1.57 bits per heavy atom. The lowest BCUT2D eigenvalue weighted by molar-refractivity contribution is -0.253. The number of ether oxygens (including phenoxy) is 1. The highest BCUT2D eigenvalue weighted by Gasteiger charge is 2.61. The molecule has 0 aromatic rings. The van der Waals surface area contributed by atoms with Gasteiger partial charge in [-0.1, -0.05) is 0 Å². The van der Waals surface area contributed by atoms with Crippen LogP contribution in [-0.2, 0) is 14.3 Å². The summed E-state index contributed by atoms with van der Waals surface area (Å²) in [6.45, 7) is -0.807. The van der Waals surface area contributed by atoms with E-state index in [0.29, 0.717) is 0 Å². The van der Waals surface area contributed by atoms with Gasteiger partial charge in [-0.3, -0.25) is 9.59 Å². The number of carbonyl (C=O) groups excluding carboxylic acids is 2. The van der Waals surface area contributed by atoms with Crippen LogP contribution in [0.1, 0.15) is 0 Å². The number of aliphatic hydroxyl groups excluding tert-OH is 4. The Kier molecular flexibility index (Phi) is 5.59. The molecule has 122 valence electrons. The van der Waals surface area contributed by atoms with Crippen molar-refractivity contribution in [2.75, 3.05) is 20.7 Å². The molecule has 10 heteroatoms. The van der Waals surface area contributed by atoms with Crippen LogP contribution in [0.25, 0.3) is 0 Å². The van der Waals surface area contributed by atoms with E-state index in [4.69, 9.17) is 9.84 Å². The van der Waals surface area contributed by atoms with Crippen LogP contribution in [0.4, 0.5) is 4.39 Å². The van der Waals surface area contributed by atoms with Gasteiger partial charge in [-0.05, 0) is 0 Å². The van der Waals surface area contributed by atoms with Crippen LogP contribution in [0.15, 0.2) is 0 Å². The lowest BCUT2D eigenvalue weighted by atomic mass is 9.84. The molecule has 1 fully saturated rings. The minimum atomic E-state index is -3.35. The second-order valence-electron chi connectivity index (χ2n) is 4.62. The largest absolute Gasteiger partial charge is 0.394 e. The van der Waals surface area contributed by atoms with E-state index < -0.39 is 54.6 Å². The van der Waals surface area contributed by atoms with E-state index in [2.05, 4.69) is 0 Å². The molecule has 1 aliphatic heterocycles. The summed E-state index contributed by atoms with van der Waals surface area (Å²) < 4.78 is 19.9. The lowest BCUT2D eigenvalue weighted by Gasteiger charge is -2.43. The summed E-state index contributed by atoms with van der Waals surface area (Å²) in [7, 11) is 2.15. The molecule has 1 heterocycles. The molecule has 21 heavy (non-hydrogen) atoms. The van der Waals surface area contributed by atoms with Gasteiger partial charge in [0.25, 0.3) is 17.5 Å². The van der Waals surface area contributed by atoms with Gasteiger partial charge in [0, 0.05) is 14.1 Å². The highest BCUT2D eigenvalue weighted by Crippen LogP contribution is 2.31. The van der Waals surface area contributed by atoms with Crippen molar-refractivity contribution in [3.8, 4) is 0 Å². The van der Waals surface area contributed by atoms with E-state index in [-0.39, 0.29) is 0 Å². The maximum atomic E-state index is 14.9. The summed E-state index contributed by atoms with van der Waals surface area (Å²) in [6, 6.07) is 0. The van der Waals surface area contributed by atoms with Gasteiger partial charge in [0.1, 0.15) is 30.5 Å². The molecule has 0 saturated carbocycles. The van der Waals surface area contributed by atoms with Crippen molar-refractivity contribution in [1.82, 2.24) is 10.6 Å². The predicted molar refractivity (Wildman–Crippen MR) is 65.7 cm³/mol. The van der Waals surface area contributed by atoms with E-state index in [0.717, 1.165) is 14.1 Å². The number of hydrogen-bond donors (Lipinski definition) is 6. The Hall–Kier alpha value is -1.33. The van der Waals surface area contributed by atoms with Crippen molar-refractivity contribution in [3.05, 3.63) is 0 Å². The molecule has 0 aromatic heterocycles. The SMILES string of the molecule is CNC(=O)C(F)(C(=O)NC)[C@@H]1O[C@H](CO)[C@@H](O)[C@H](O)[C@H]1O. The van der Waals surface area contributed by atoms with Gasteiger partial charge in [0.05, 0.1) is 6.61 Å². The van der Waals surface area contributed by atoms with E-state index in [1.54, 1.807) is 0 Å². The first-order chi connectivity index (χ1) is 9.75. The zero-order chi connectivity index (χ0) is 16.4. The molecule has 5 atom stereocenters. The van der Waals surface area contributed by atoms with Gasteiger partial charge in [-0.2, -0.15) is 0 Å². The van der Waals surface area contributed by atoms with E-state index in [1.165, 1.54) is 0 Å². The van der Waals surface area contributed by atoms with Gasteiger partial charge in [-0.25, -0.2) is 4.39 Å². The molecule has 0 spiro atoms. The minimum Gasteiger partial charge on any atom is -0.394 e. The van der Waals surface area contributed by atoms with Gasteiger partial charge in [0.15, 0.2) is 0 Å². The Balaban J connectivity index is 3.23. The van der Waals surface area contributed by atoms with Crippen molar-refractivity contribution >= 4 is 11.8 Å². The van der Waals surface area contributed by atoms with E-state index >= 15 is 0 Å². The Bertz CT molecular complexity index is 390. The zero-order valence-corrected chi connectivity index (χ0v) is 11.5. The third-order valence-corrected chi connectivity index (χ3v) is 3.40. The molecule has 0 aromatic carbocycles. The van der Waals surface area contributed by atoms with Crippen molar-refractivity contribution in [3.63, 3.8) is 0 Å². The topological polar surface area (TPSA) is 148 Å². The molecular formula is C11H19FN2O7. The molecule has 0 unspecified atom stereocenters. The first-order valence-electron chi connectivity index (χ1n) is 6.19. The molecule has 6 N–H and O–H groups in total. The normalized spacial score (nSPS) is 33.4. The van der Waals surface area contributed by atoms with Crippen LogP contribution >= 0.6 is 0 Å². The van der Waals surface area contributed by atoms with Crippen LogP contribution in [0.2, 0.25) is 0 Å². The van der Waals surface area contributed by atoms with E-state index in [1.807, 2.05) is 10.6 Å². The third kappa shape index (κ3) is 2.85. The molecule has 1 aliphatic rings. The van der Waals surface area contributed by atoms with Gasteiger partial charge < -0.3 is 35.8 Å². The van der Waals surface area contributed by atoms with Crippen molar-refractivity contribution in [2.45, 2.75) is 36.2 Å². The standard InChI is InChI=1S/C11H19FN2O7/c1-13-9(19)11(12,10(20)14-2)8-7(18)6(17)5(16)4(3-15)21-8/h4-8,15-18H,3H2,1-2H3,(H,13,19)(H,14,20)/t4-,5-,6+,7-,8-/m1/s1. The fourth-order valence-electron chi connectivity index (χ4n) is 2.16. The number of hydrogen-bond acceptors (Lipinski definition) is 7. The van der Waals surface area contributed by atoms with Gasteiger partial charge in [-0.15, -0.1) is 0 Å². The lowest BCUT2D eigenvalue weighted by Crippen LogP contribution is -2.70. The number of alkyl halides is 1. The number of rotatable bonds is 4.